The van der Waals surface area contributed by atoms with Crippen LogP contribution in [0.1, 0.15) is 21.5 Å². The van der Waals surface area contributed by atoms with E-state index in [2.05, 4.69) is 10.3 Å². The van der Waals surface area contributed by atoms with Crippen molar-refractivity contribution in [1.29, 1.82) is 0 Å². The van der Waals surface area contributed by atoms with E-state index in [0.717, 1.165) is 17.4 Å². The van der Waals surface area contributed by atoms with Crippen LogP contribution in [0.4, 0.5) is 10.2 Å². The Balaban J connectivity index is 1.70. The maximum Gasteiger partial charge on any atom is 0.256 e. The van der Waals surface area contributed by atoms with Gasteiger partial charge in [0.25, 0.3) is 5.91 Å². The molecule has 1 N–H and O–H groups in total. The Labute approximate surface area is 156 Å². The highest BCUT2D eigenvalue weighted by Gasteiger charge is 2.12. The van der Waals surface area contributed by atoms with Crippen LogP contribution in [0.25, 0.3) is 0 Å². The van der Waals surface area contributed by atoms with Crippen LogP contribution in [0, 0.1) is 5.82 Å². The van der Waals surface area contributed by atoms with Crippen LogP contribution in [0.2, 0.25) is 0 Å². The number of carbonyl (C=O) groups is 1. The largest absolute Gasteiger partial charge is 0.307 e. The Hall–Kier alpha value is -3.06. The zero-order valence-corrected chi connectivity index (χ0v) is 15.3. The number of benzene rings is 2. The molecule has 138 valence electrons. The van der Waals surface area contributed by atoms with Gasteiger partial charge in [-0.1, -0.05) is 24.3 Å². The summed E-state index contributed by atoms with van der Waals surface area (Å²) >= 11 is 0. The first-order valence-electron chi connectivity index (χ1n) is 8.12. The van der Waals surface area contributed by atoms with Gasteiger partial charge in [-0.2, -0.15) is 0 Å². The summed E-state index contributed by atoms with van der Waals surface area (Å²) in [5.41, 5.74) is 1.92. The monoisotopic (exact) mass is 384 g/mol. The Bertz CT molecular complexity index is 1080. The molecule has 0 aliphatic carbocycles. The predicted molar refractivity (Wildman–Crippen MR) is 101 cm³/mol. The molecule has 7 heteroatoms. The number of carbonyl (C=O) groups excluding carboxylic acids is 1. The van der Waals surface area contributed by atoms with E-state index in [-0.39, 0.29) is 16.3 Å². The SMILES string of the molecule is CS(=O)(=O)c1cccc(C(=O)Nc2ccc(Cc3cccc(F)c3)cn2)c1. The third-order valence-corrected chi connectivity index (χ3v) is 5.00. The molecule has 0 aliphatic heterocycles. The lowest BCUT2D eigenvalue weighted by Gasteiger charge is -2.07. The van der Waals surface area contributed by atoms with Crippen molar-refractivity contribution in [2.45, 2.75) is 11.3 Å². The minimum Gasteiger partial charge on any atom is -0.307 e. The number of halogens is 1. The third kappa shape index (κ3) is 4.98. The van der Waals surface area contributed by atoms with Gasteiger partial charge in [0.2, 0.25) is 0 Å². The summed E-state index contributed by atoms with van der Waals surface area (Å²) in [7, 11) is -3.39. The highest BCUT2D eigenvalue weighted by atomic mass is 32.2. The summed E-state index contributed by atoms with van der Waals surface area (Å²) in [6, 6.07) is 15.6. The van der Waals surface area contributed by atoms with Crippen molar-refractivity contribution < 1.29 is 17.6 Å². The molecule has 1 heterocycles. The summed E-state index contributed by atoms with van der Waals surface area (Å²) in [6.07, 6.45) is 3.21. The Morgan fingerprint density at radius 3 is 2.48 bits per heavy atom. The number of nitrogens with zero attached hydrogens (tertiary/aromatic N) is 1. The van der Waals surface area contributed by atoms with Crippen molar-refractivity contribution in [3.63, 3.8) is 0 Å². The van der Waals surface area contributed by atoms with Gasteiger partial charge in [0.1, 0.15) is 11.6 Å². The molecular formula is C20H17FN2O3S. The van der Waals surface area contributed by atoms with Crippen LogP contribution in [-0.2, 0) is 16.3 Å². The maximum atomic E-state index is 13.2. The Morgan fingerprint density at radius 2 is 1.81 bits per heavy atom. The highest BCUT2D eigenvalue weighted by molar-refractivity contribution is 7.90. The lowest BCUT2D eigenvalue weighted by atomic mass is 10.1. The summed E-state index contributed by atoms with van der Waals surface area (Å²) in [4.78, 5) is 16.6. The van der Waals surface area contributed by atoms with E-state index in [9.17, 15) is 17.6 Å². The number of aromatic nitrogens is 1. The number of pyridine rings is 1. The molecule has 0 aliphatic rings. The second-order valence-corrected chi connectivity index (χ2v) is 8.13. The summed E-state index contributed by atoms with van der Waals surface area (Å²) < 4.78 is 36.5. The van der Waals surface area contributed by atoms with E-state index in [1.54, 1.807) is 24.4 Å². The molecule has 27 heavy (non-hydrogen) atoms. The van der Waals surface area contributed by atoms with Crippen LogP contribution in [0.15, 0.2) is 71.8 Å². The van der Waals surface area contributed by atoms with E-state index < -0.39 is 15.7 Å². The maximum absolute atomic E-state index is 13.2. The number of hydrogen-bond donors (Lipinski definition) is 1. The molecule has 0 radical (unpaired) electrons. The first-order valence-corrected chi connectivity index (χ1v) is 10.0. The molecule has 3 rings (SSSR count). The van der Waals surface area contributed by atoms with Crippen LogP contribution in [0.5, 0.6) is 0 Å². The van der Waals surface area contributed by atoms with Gasteiger partial charge in [0.15, 0.2) is 9.84 Å². The van der Waals surface area contributed by atoms with Crippen molar-refractivity contribution in [2.75, 3.05) is 11.6 Å². The molecule has 0 spiro atoms. The third-order valence-electron chi connectivity index (χ3n) is 3.89. The molecule has 3 aromatic rings. The summed E-state index contributed by atoms with van der Waals surface area (Å²) in [5, 5.41) is 2.63. The van der Waals surface area contributed by atoms with Gasteiger partial charge in [-0.3, -0.25) is 4.79 Å². The lowest BCUT2D eigenvalue weighted by molar-refractivity contribution is 0.102. The number of sulfone groups is 1. The molecule has 0 fully saturated rings. The second kappa shape index (κ2) is 7.67. The summed E-state index contributed by atoms with van der Waals surface area (Å²) in [6.45, 7) is 0. The number of amides is 1. The van der Waals surface area contributed by atoms with Gasteiger partial charge in [-0.25, -0.2) is 17.8 Å². The second-order valence-electron chi connectivity index (χ2n) is 6.11. The van der Waals surface area contributed by atoms with Gasteiger partial charge >= 0.3 is 0 Å². The first kappa shape index (κ1) is 18.7. The average Bonchev–Trinajstić information content (AvgIpc) is 2.63. The standard InChI is InChI=1S/C20H17FN2O3S/c1-27(25,26)18-7-3-5-16(12-18)20(24)23-19-9-8-15(13-22-19)10-14-4-2-6-17(21)11-14/h2-9,11-13H,10H2,1H3,(H,22,23,24). The molecule has 0 atom stereocenters. The van der Waals surface area contributed by atoms with E-state index in [0.29, 0.717) is 12.2 Å². The molecule has 0 saturated carbocycles. The molecule has 2 aromatic carbocycles. The van der Waals surface area contributed by atoms with Crippen LogP contribution < -0.4 is 5.32 Å². The fourth-order valence-electron chi connectivity index (χ4n) is 2.54. The van der Waals surface area contributed by atoms with Crippen molar-refractivity contribution >= 4 is 21.6 Å². The van der Waals surface area contributed by atoms with Gasteiger partial charge in [-0.15, -0.1) is 0 Å². The molecule has 0 unspecified atom stereocenters. The van der Waals surface area contributed by atoms with Gasteiger partial charge in [0, 0.05) is 18.0 Å². The van der Waals surface area contributed by atoms with Gasteiger partial charge in [-0.05, 0) is 53.9 Å². The fraction of sp³-hybridized carbons (Fsp3) is 0.100. The zero-order valence-electron chi connectivity index (χ0n) is 14.5. The van der Waals surface area contributed by atoms with Crippen molar-refractivity contribution in [2.24, 2.45) is 0 Å². The van der Waals surface area contributed by atoms with E-state index in [4.69, 9.17) is 0 Å². The first-order chi connectivity index (χ1) is 12.8. The van der Waals surface area contributed by atoms with Crippen LogP contribution in [0.3, 0.4) is 0 Å². The zero-order chi connectivity index (χ0) is 19.4. The molecule has 0 bridgehead atoms. The number of rotatable bonds is 5. The van der Waals surface area contributed by atoms with E-state index in [1.165, 1.54) is 36.4 Å². The smallest absolute Gasteiger partial charge is 0.256 e. The molecule has 1 amide bonds. The van der Waals surface area contributed by atoms with Crippen molar-refractivity contribution in [1.82, 2.24) is 4.98 Å². The molecule has 1 aromatic heterocycles. The van der Waals surface area contributed by atoms with Crippen LogP contribution >= 0.6 is 0 Å². The molecule has 5 nitrogen and oxygen atoms in total. The van der Waals surface area contributed by atoms with E-state index >= 15 is 0 Å². The minimum absolute atomic E-state index is 0.0774. The highest BCUT2D eigenvalue weighted by Crippen LogP contribution is 2.15. The number of hydrogen-bond acceptors (Lipinski definition) is 4. The number of anilines is 1. The van der Waals surface area contributed by atoms with Crippen molar-refractivity contribution in [3.8, 4) is 0 Å². The molecular weight excluding hydrogens is 367 g/mol. The van der Waals surface area contributed by atoms with Crippen LogP contribution in [-0.4, -0.2) is 25.6 Å². The van der Waals surface area contributed by atoms with Crippen molar-refractivity contribution in [3.05, 3.63) is 89.4 Å². The minimum atomic E-state index is -3.39. The quantitative estimate of drug-likeness (QED) is 0.731. The van der Waals surface area contributed by atoms with Gasteiger partial charge < -0.3 is 5.32 Å². The molecule has 0 saturated heterocycles. The average molecular weight is 384 g/mol. The fourth-order valence-corrected chi connectivity index (χ4v) is 3.21. The Morgan fingerprint density at radius 1 is 1.04 bits per heavy atom. The van der Waals surface area contributed by atoms with E-state index in [1.807, 2.05) is 6.07 Å². The normalized spacial score (nSPS) is 11.2. The van der Waals surface area contributed by atoms with Gasteiger partial charge in [0.05, 0.1) is 4.90 Å². The predicted octanol–water partition coefficient (Wildman–Crippen LogP) is 3.47. The summed E-state index contributed by atoms with van der Waals surface area (Å²) in [5.74, 6) is -0.403. The lowest BCUT2D eigenvalue weighted by Crippen LogP contribution is -2.13. The number of nitrogens with one attached hydrogen (secondary N) is 1. The Kier molecular flexibility index (Phi) is 5.32. The topological polar surface area (TPSA) is 76.1 Å².